The molecule has 2 heterocycles. The van der Waals surface area contributed by atoms with Crippen molar-refractivity contribution in [3.8, 4) is 11.5 Å². The predicted octanol–water partition coefficient (Wildman–Crippen LogP) is 2.31. The van der Waals surface area contributed by atoms with E-state index in [9.17, 15) is 4.79 Å². The Bertz CT molecular complexity index is 647. The molecule has 1 saturated heterocycles. The highest BCUT2D eigenvalue weighted by atomic mass is 16.5. The summed E-state index contributed by atoms with van der Waals surface area (Å²) in [6.45, 7) is 1.62. The lowest BCUT2D eigenvalue weighted by molar-refractivity contribution is 0.0939. The Labute approximate surface area is 135 Å². The van der Waals surface area contributed by atoms with Gasteiger partial charge in [-0.25, -0.2) is 0 Å². The maximum atomic E-state index is 12.1. The first-order valence-electron chi connectivity index (χ1n) is 7.50. The Kier molecular flexibility index (Phi) is 4.41. The van der Waals surface area contributed by atoms with E-state index >= 15 is 0 Å². The zero-order valence-electron chi connectivity index (χ0n) is 13.2. The van der Waals surface area contributed by atoms with Gasteiger partial charge in [-0.1, -0.05) is 0 Å². The number of hydrogen-bond acceptors (Lipinski definition) is 5. The van der Waals surface area contributed by atoms with Crippen LogP contribution in [-0.2, 0) is 0 Å². The van der Waals surface area contributed by atoms with Gasteiger partial charge < -0.3 is 24.1 Å². The molecule has 1 atom stereocenters. The number of methoxy groups -OCH3 is 2. The van der Waals surface area contributed by atoms with Gasteiger partial charge >= 0.3 is 0 Å². The molecule has 6 nitrogen and oxygen atoms in total. The molecule has 23 heavy (non-hydrogen) atoms. The number of ether oxygens (including phenoxy) is 2. The first-order chi connectivity index (χ1) is 11.2. The number of nitrogens with one attached hydrogen (secondary N) is 1. The van der Waals surface area contributed by atoms with Gasteiger partial charge in [0, 0.05) is 43.0 Å². The van der Waals surface area contributed by atoms with Crippen LogP contribution in [0.4, 0.5) is 5.69 Å². The summed E-state index contributed by atoms with van der Waals surface area (Å²) in [4.78, 5) is 14.3. The second kappa shape index (κ2) is 6.64. The normalized spacial score (nSPS) is 17.1. The summed E-state index contributed by atoms with van der Waals surface area (Å²) in [7, 11) is 3.27. The molecular weight excluding hydrogens is 296 g/mol. The molecular formula is C17H20N2O4. The molecule has 2 aromatic rings. The second-order valence-corrected chi connectivity index (χ2v) is 5.49. The Morgan fingerprint density at radius 3 is 2.61 bits per heavy atom. The van der Waals surface area contributed by atoms with E-state index in [-0.39, 0.29) is 11.9 Å². The SMILES string of the molecule is COc1cc(OC)cc(N2CC[C@@H](NC(=O)c3ccoc3)C2)c1. The molecule has 0 radical (unpaired) electrons. The van der Waals surface area contributed by atoms with Crippen molar-refractivity contribution in [3.05, 3.63) is 42.4 Å². The van der Waals surface area contributed by atoms with Crippen LogP contribution >= 0.6 is 0 Å². The molecule has 1 aromatic heterocycles. The summed E-state index contributed by atoms with van der Waals surface area (Å²) in [5.41, 5.74) is 1.58. The smallest absolute Gasteiger partial charge is 0.254 e. The third kappa shape index (κ3) is 3.41. The quantitative estimate of drug-likeness (QED) is 0.917. The van der Waals surface area contributed by atoms with Gasteiger partial charge in [0.05, 0.1) is 26.0 Å². The molecule has 0 saturated carbocycles. The molecule has 1 N–H and O–H groups in total. The number of furan rings is 1. The third-order valence-corrected chi connectivity index (χ3v) is 4.01. The molecule has 122 valence electrons. The maximum absolute atomic E-state index is 12.1. The summed E-state index contributed by atoms with van der Waals surface area (Å²) in [5, 5.41) is 3.04. The number of carbonyl (C=O) groups is 1. The van der Waals surface area contributed by atoms with E-state index in [1.807, 2.05) is 18.2 Å². The van der Waals surface area contributed by atoms with E-state index in [0.29, 0.717) is 5.56 Å². The summed E-state index contributed by atoms with van der Waals surface area (Å²) < 4.78 is 15.6. The van der Waals surface area contributed by atoms with E-state index in [0.717, 1.165) is 36.7 Å². The van der Waals surface area contributed by atoms with Gasteiger partial charge in [-0.2, -0.15) is 0 Å². The molecule has 0 unspecified atom stereocenters. The van der Waals surface area contributed by atoms with E-state index in [4.69, 9.17) is 13.9 Å². The monoisotopic (exact) mass is 316 g/mol. The van der Waals surface area contributed by atoms with Crippen LogP contribution in [0.25, 0.3) is 0 Å². The van der Waals surface area contributed by atoms with Gasteiger partial charge in [0.1, 0.15) is 17.8 Å². The first-order valence-corrected chi connectivity index (χ1v) is 7.50. The lowest BCUT2D eigenvalue weighted by Gasteiger charge is -2.20. The first kappa shape index (κ1) is 15.3. The Morgan fingerprint density at radius 1 is 1.26 bits per heavy atom. The average molecular weight is 316 g/mol. The van der Waals surface area contributed by atoms with Gasteiger partial charge in [-0.3, -0.25) is 4.79 Å². The van der Waals surface area contributed by atoms with Crippen molar-refractivity contribution in [3.63, 3.8) is 0 Å². The largest absolute Gasteiger partial charge is 0.497 e. The standard InChI is InChI=1S/C17H20N2O4/c1-21-15-7-14(8-16(9-15)22-2)19-5-3-13(10-19)18-17(20)12-4-6-23-11-12/h4,6-9,11,13H,3,5,10H2,1-2H3,(H,18,20)/t13-/m1/s1. The second-order valence-electron chi connectivity index (χ2n) is 5.49. The highest BCUT2D eigenvalue weighted by Crippen LogP contribution is 2.30. The Hall–Kier alpha value is -2.63. The van der Waals surface area contributed by atoms with Crippen molar-refractivity contribution in [1.29, 1.82) is 0 Å². The Balaban J connectivity index is 1.66. The number of anilines is 1. The Morgan fingerprint density at radius 2 is 2.00 bits per heavy atom. The van der Waals surface area contributed by atoms with Crippen LogP contribution in [0.3, 0.4) is 0 Å². The van der Waals surface area contributed by atoms with Gasteiger partial charge in [-0.05, 0) is 12.5 Å². The molecule has 1 amide bonds. The topological polar surface area (TPSA) is 63.9 Å². The van der Waals surface area contributed by atoms with Crippen LogP contribution in [0.2, 0.25) is 0 Å². The zero-order valence-corrected chi connectivity index (χ0v) is 13.2. The van der Waals surface area contributed by atoms with E-state index in [2.05, 4.69) is 10.2 Å². The van der Waals surface area contributed by atoms with Crippen molar-refractivity contribution < 1.29 is 18.7 Å². The van der Waals surface area contributed by atoms with Crippen molar-refractivity contribution in [2.24, 2.45) is 0 Å². The van der Waals surface area contributed by atoms with Gasteiger partial charge in [0.25, 0.3) is 5.91 Å². The highest BCUT2D eigenvalue weighted by molar-refractivity contribution is 5.94. The average Bonchev–Trinajstić information content (AvgIpc) is 3.26. The number of hydrogen-bond donors (Lipinski definition) is 1. The highest BCUT2D eigenvalue weighted by Gasteiger charge is 2.25. The van der Waals surface area contributed by atoms with Crippen molar-refractivity contribution in [1.82, 2.24) is 5.32 Å². The van der Waals surface area contributed by atoms with Crippen molar-refractivity contribution in [2.45, 2.75) is 12.5 Å². The summed E-state index contributed by atoms with van der Waals surface area (Å²) in [6.07, 6.45) is 3.84. The summed E-state index contributed by atoms with van der Waals surface area (Å²) in [6, 6.07) is 7.56. The molecule has 1 aliphatic rings. The van der Waals surface area contributed by atoms with E-state index in [1.165, 1.54) is 12.5 Å². The van der Waals surface area contributed by atoms with Crippen LogP contribution in [0.1, 0.15) is 16.8 Å². The molecule has 3 rings (SSSR count). The predicted molar refractivity (Wildman–Crippen MR) is 86.3 cm³/mol. The van der Waals surface area contributed by atoms with Gasteiger partial charge in [0.2, 0.25) is 0 Å². The van der Waals surface area contributed by atoms with Crippen LogP contribution in [0, 0.1) is 0 Å². The molecule has 1 aliphatic heterocycles. The summed E-state index contributed by atoms with van der Waals surface area (Å²) in [5.74, 6) is 1.41. The van der Waals surface area contributed by atoms with Crippen molar-refractivity contribution >= 4 is 11.6 Å². The lowest BCUT2D eigenvalue weighted by Crippen LogP contribution is -2.36. The zero-order chi connectivity index (χ0) is 16.2. The van der Waals surface area contributed by atoms with E-state index in [1.54, 1.807) is 20.3 Å². The number of rotatable bonds is 5. The molecule has 6 heteroatoms. The van der Waals surface area contributed by atoms with Gasteiger partial charge in [-0.15, -0.1) is 0 Å². The maximum Gasteiger partial charge on any atom is 0.254 e. The van der Waals surface area contributed by atoms with E-state index < -0.39 is 0 Å². The molecule has 1 aromatic carbocycles. The lowest BCUT2D eigenvalue weighted by atomic mass is 10.2. The molecule has 0 spiro atoms. The number of benzene rings is 1. The number of carbonyl (C=O) groups excluding carboxylic acids is 1. The molecule has 0 aliphatic carbocycles. The fourth-order valence-electron chi connectivity index (χ4n) is 2.75. The summed E-state index contributed by atoms with van der Waals surface area (Å²) >= 11 is 0. The molecule has 1 fully saturated rings. The van der Waals surface area contributed by atoms with Crippen LogP contribution in [0.15, 0.2) is 41.2 Å². The number of amides is 1. The minimum absolute atomic E-state index is 0.103. The minimum Gasteiger partial charge on any atom is -0.497 e. The number of nitrogens with zero attached hydrogens (tertiary/aromatic N) is 1. The fraction of sp³-hybridized carbons (Fsp3) is 0.353. The molecule has 0 bridgehead atoms. The van der Waals surface area contributed by atoms with Crippen LogP contribution in [0.5, 0.6) is 11.5 Å². The van der Waals surface area contributed by atoms with Crippen molar-refractivity contribution in [2.75, 3.05) is 32.2 Å². The van der Waals surface area contributed by atoms with Gasteiger partial charge in [0.15, 0.2) is 0 Å². The fourth-order valence-corrected chi connectivity index (χ4v) is 2.75. The van der Waals surface area contributed by atoms with Crippen LogP contribution in [-0.4, -0.2) is 39.3 Å². The van der Waals surface area contributed by atoms with Crippen LogP contribution < -0.4 is 19.7 Å². The third-order valence-electron chi connectivity index (χ3n) is 4.01. The minimum atomic E-state index is -0.103.